The van der Waals surface area contributed by atoms with Crippen molar-refractivity contribution >= 4 is 11.9 Å². The summed E-state index contributed by atoms with van der Waals surface area (Å²) in [6.07, 6.45) is 3.23. The third-order valence-corrected chi connectivity index (χ3v) is 6.82. The standard InChI is InChI=1S/C25H33N3O6/c1-4-19-22-20(12-25(15-26-23(22)30)7-9-33-10-8-25)28(27-19)13-16(2)14-34-24(31)18-11-17(32-3)5-6-21(18)29/h5-6,11,16,29H,4,7-10,12-15H2,1-3H3,(H,26,30)/t16-/m1/s1. The van der Waals surface area contributed by atoms with Crippen LogP contribution in [0.3, 0.4) is 0 Å². The first-order chi connectivity index (χ1) is 16.4. The van der Waals surface area contributed by atoms with Crippen LogP contribution < -0.4 is 10.1 Å². The van der Waals surface area contributed by atoms with E-state index >= 15 is 0 Å². The number of carbonyl (C=O) groups is 2. The van der Waals surface area contributed by atoms with Gasteiger partial charge in [-0.05, 0) is 49.3 Å². The van der Waals surface area contributed by atoms with E-state index in [2.05, 4.69) is 5.32 Å². The second-order valence-corrected chi connectivity index (χ2v) is 9.36. The first kappa shape index (κ1) is 24.1. The average Bonchev–Trinajstić information content (AvgIpc) is 3.11. The van der Waals surface area contributed by atoms with Crippen molar-refractivity contribution < 1.29 is 28.9 Å². The molecule has 1 atom stereocenters. The van der Waals surface area contributed by atoms with Gasteiger partial charge in [0.05, 0.1) is 30.7 Å². The quantitative estimate of drug-likeness (QED) is 0.597. The Morgan fingerprint density at radius 2 is 2.12 bits per heavy atom. The number of aryl methyl sites for hydroxylation is 1. The summed E-state index contributed by atoms with van der Waals surface area (Å²) in [6, 6.07) is 4.43. The molecule has 0 aliphatic carbocycles. The number of methoxy groups -OCH3 is 1. The SMILES string of the molecule is CCc1nn(C[C@@H](C)COC(=O)c2cc(OC)ccc2O)c2c1C(=O)NCC1(CCOCC1)C2. The molecule has 1 saturated heterocycles. The Bertz CT molecular complexity index is 1060. The molecule has 34 heavy (non-hydrogen) atoms. The molecule has 0 saturated carbocycles. The van der Waals surface area contributed by atoms with Gasteiger partial charge in [-0.1, -0.05) is 13.8 Å². The van der Waals surface area contributed by atoms with Gasteiger partial charge in [0.1, 0.15) is 17.1 Å². The normalized spacial score (nSPS) is 18.0. The van der Waals surface area contributed by atoms with Gasteiger partial charge in [-0.2, -0.15) is 5.10 Å². The highest BCUT2D eigenvalue weighted by atomic mass is 16.5. The second kappa shape index (κ2) is 10.0. The van der Waals surface area contributed by atoms with Crippen LogP contribution in [0.5, 0.6) is 11.5 Å². The Hall–Kier alpha value is -3.07. The minimum absolute atomic E-state index is 0.0262. The number of benzene rings is 1. The third-order valence-electron chi connectivity index (χ3n) is 6.82. The van der Waals surface area contributed by atoms with E-state index in [0.717, 1.165) is 30.7 Å². The van der Waals surface area contributed by atoms with Crippen molar-refractivity contribution in [2.45, 2.75) is 46.1 Å². The van der Waals surface area contributed by atoms with Gasteiger partial charge in [-0.25, -0.2) is 4.79 Å². The van der Waals surface area contributed by atoms with E-state index in [0.29, 0.717) is 44.0 Å². The summed E-state index contributed by atoms with van der Waals surface area (Å²) in [6.45, 7) is 6.67. The molecule has 2 aliphatic heterocycles. The highest BCUT2D eigenvalue weighted by Gasteiger charge is 2.39. The number of ether oxygens (including phenoxy) is 3. The molecular weight excluding hydrogens is 438 g/mol. The minimum atomic E-state index is -0.614. The zero-order valence-electron chi connectivity index (χ0n) is 20.1. The Kier molecular flexibility index (Phi) is 7.11. The van der Waals surface area contributed by atoms with E-state index in [1.54, 1.807) is 6.07 Å². The predicted molar refractivity (Wildman–Crippen MR) is 124 cm³/mol. The molecule has 9 heteroatoms. The maximum absolute atomic E-state index is 13.0. The van der Waals surface area contributed by atoms with Crippen molar-refractivity contribution in [2.24, 2.45) is 11.3 Å². The number of esters is 1. The summed E-state index contributed by atoms with van der Waals surface area (Å²) in [7, 11) is 1.49. The minimum Gasteiger partial charge on any atom is -0.507 e. The molecule has 9 nitrogen and oxygen atoms in total. The number of nitrogens with one attached hydrogen (secondary N) is 1. The third kappa shape index (κ3) is 4.89. The Morgan fingerprint density at radius 1 is 1.35 bits per heavy atom. The van der Waals surface area contributed by atoms with Crippen LogP contribution in [0.2, 0.25) is 0 Å². The lowest BCUT2D eigenvalue weighted by Gasteiger charge is -2.36. The van der Waals surface area contributed by atoms with Gasteiger partial charge in [0, 0.05) is 32.2 Å². The summed E-state index contributed by atoms with van der Waals surface area (Å²) in [4.78, 5) is 25.5. The molecule has 0 unspecified atom stereocenters. The fraction of sp³-hybridized carbons (Fsp3) is 0.560. The molecule has 1 aromatic carbocycles. The molecule has 4 rings (SSSR count). The van der Waals surface area contributed by atoms with Gasteiger partial charge in [0.2, 0.25) is 0 Å². The Labute approximate surface area is 199 Å². The molecule has 1 amide bonds. The average molecular weight is 472 g/mol. The molecule has 2 aromatic rings. The van der Waals surface area contributed by atoms with Crippen LogP contribution in [0, 0.1) is 11.3 Å². The zero-order valence-corrected chi connectivity index (χ0v) is 20.1. The number of carbonyl (C=O) groups excluding carboxylic acids is 2. The van der Waals surface area contributed by atoms with Crippen LogP contribution in [0.1, 0.15) is 58.8 Å². The number of aromatic hydroxyl groups is 1. The lowest BCUT2D eigenvalue weighted by Crippen LogP contribution is -2.41. The summed E-state index contributed by atoms with van der Waals surface area (Å²) in [5.74, 6) is -0.422. The van der Waals surface area contributed by atoms with Crippen LogP contribution in [0.15, 0.2) is 18.2 Å². The largest absolute Gasteiger partial charge is 0.507 e. The van der Waals surface area contributed by atoms with Gasteiger partial charge < -0.3 is 24.6 Å². The lowest BCUT2D eigenvalue weighted by atomic mass is 9.76. The first-order valence-electron chi connectivity index (χ1n) is 11.8. The summed E-state index contributed by atoms with van der Waals surface area (Å²) in [5.41, 5.74) is 2.48. The van der Waals surface area contributed by atoms with Crippen molar-refractivity contribution in [3.8, 4) is 11.5 Å². The monoisotopic (exact) mass is 471 g/mol. The molecule has 0 radical (unpaired) electrons. The highest BCUT2D eigenvalue weighted by molar-refractivity contribution is 5.97. The van der Waals surface area contributed by atoms with Gasteiger partial charge in [0.15, 0.2) is 0 Å². The topological polar surface area (TPSA) is 112 Å². The fourth-order valence-corrected chi connectivity index (χ4v) is 4.77. The van der Waals surface area contributed by atoms with Gasteiger partial charge in [-0.3, -0.25) is 9.48 Å². The Balaban J connectivity index is 1.50. The maximum Gasteiger partial charge on any atom is 0.342 e. The molecule has 2 aliphatic rings. The number of fused-ring (bicyclic) bond motifs is 1. The molecule has 3 heterocycles. The Morgan fingerprint density at radius 3 is 2.82 bits per heavy atom. The number of hydrogen-bond acceptors (Lipinski definition) is 7. The van der Waals surface area contributed by atoms with Crippen LogP contribution in [-0.4, -0.2) is 60.2 Å². The van der Waals surface area contributed by atoms with E-state index in [9.17, 15) is 14.7 Å². The number of phenolic OH excluding ortho intramolecular Hbond substituents is 1. The summed E-state index contributed by atoms with van der Waals surface area (Å²) >= 11 is 0. The van der Waals surface area contributed by atoms with E-state index < -0.39 is 5.97 Å². The molecule has 184 valence electrons. The van der Waals surface area contributed by atoms with Crippen LogP contribution in [-0.2, 0) is 28.9 Å². The number of rotatable bonds is 7. The molecule has 2 N–H and O–H groups in total. The maximum atomic E-state index is 13.0. The van der Waals surface area contributed by atoms with Gasteiger partial charge >= 0.3 is 5.97 Å². The van der Waals surface area contributed by atoms with Crippen LogP contribution in [0.4, 0.5) is 0 Å². The van der Waals surface area contributed by atoms with Crippen molar-refractivity contribution in [3.63, 3.8) is 0 Å². The van der Waals surface area contributed by atoms with Crippen LogP contribution in [0.25, 0.3) is 0 Å². The number of amides is 1. The summed E-state index contributed by atoms with van der Waals surface area (Å²) < 4.78 is 18.1. The van der Waals surface area contributed by atoms with E-state index in [1.807, 2.05) is 18.5 Å². The van der Waals surface area contributed by atoms with Crippen molar-refractivity contribution in [1.29, 1.82) is 0 Å². The number of nitrogens with zero attached hydrogens (tertiary/aromatic N) is 2. The fourth-order valence-electron chi connectivity index (χ4n) is 4.77. The van der Waals surface area contributed by atoms with Gasteiger partial charge in [-0.15, -0.1) is 0 Å². The first-order valence-corrected chi connectivity index (χ1v) is 11.8. The molecule has 0 bridgehead atoms. The number of hydrogen-bond donors (Lipinski definition) is 2. The number of phenols is 1. The van der Waals surface area contributed by atoms with E-state index in [4.69, 9.17) is 19.3 Å². The zero-order chi connectivity index (χ0) is 24.3. The molecule has 1 fully saturated rings. The smallest absolute Gasteiger partial charge is 0.342 e. The van der Waals surface area contributed by atoms with Crippen molar-refractivity contribution in [1.82, 2.24) is 15.1 Å². The van der Waals surface area contributed by atoms with Crippen molar-refractivity contribution in [2.75, 3.05) is 33.5 Å². The second-order valence-electron chi connectivity index (χ2n) is 9.36. The molecule has 1 aromatic heterocycles. The van der Waals surface area contributed by atoms with Crippen LogP contribution >= 0.6 is 0 Å². The van der Waals surface area contributed by atoms with Crippen molar-refractivity contribution in [3.05, 3.63) is 40.7 Å². The lowest BCUT2D eigenvalue weighted by molar-refractivity contribution is 0.0151. The van der Waals surface area contributed by atoms with Gasteiger partial charge in [0.25, 0.3) is 5.91 Å². The molecular formula is C25H33N3O6. The number of aromatic nitrogens is 2. The summed E-state index contributed by atoms with van der Waals surface area (Å²) in [5, 5.41) is 17.9. The predicted octanol–water partition coefficient (Wildman–Crippen LogP) is 2.74. The molecule has 1 spiro atoms. The van der Waals surface area contributed by atoms with E-state index in [1.165, 1.54) is 19.2 Å². The van der Waals surface area contributed by atoms with E-state index in [-0.39, 0.29) is 35.2 Å². The highest BCUT2D eigenvalue weighted by Crippen LogP contribution is 2.37.